The summed E-state index contributed by atoms with van der Waals surface area (Å²) in [6.07, 6.45) is 1.82. The molecule has 3 heteroatoms. The maximum Gasteiger partial charge on any atom is 0.115 e. The predicted molar refractivity (Wildman–Crippen MR) is 79.6 cm³/mol. The number of benzene rings is 2. The molecule has 2 aromatic rings. The monoisotopic (exact) mass is 254 g/mol. The van der Waals surface area contributed by atoms with Crippen LogP contribution in [0.2, 0.25) is 0 Å². The van der Waals surface area contributed by atoms with Gasteiger partial charge in [-0.3, -0.25) is 5.43 Å². The second-order valence-electron chi connectivity index (χ2n) is 4.49. The molecule has 0 spiro atoms. The van der Waals surface area contributed by atoms with Gasteiger partial charge in [0.15, 0.2) is 0 Å². The molecule has 0 unspecified atom stereocenters. The third kappa shape index (κ3) is 4.47. The quantitative estimate of drug-likeness (QED) is 0.629. The average molecular weight is 254 g/mol. The van der Waals surface area contributed by atoms with E-state index in [4.69, 9.17) is 0 Å². The highest BCUT2D eigenvalue weighted by atomic mass is 16.3. The number of rotatable bonds is 5. The number of hydrazone groups is 1. The van der Waals surface area contributed by atoms with Gasteiger partial charge in [0.05, 0.1) is 5.69 Å². The predicted octanol–water partition coefficient (Wildman–Crippen LogP) is 3.81. The van der Waals surface area contributed by atoms with Gasteiger partial charge in [-0.2, -0.15) is 5.10 Å². The van der Waals surface area contributed by atoms with Crippen molar-refractivity contribution in [2.24, 2.45) is 5.10 Å². The van der Waals surface area contributed by atoms with E-state index < -0.39 is 0 Å². The minimum Gasteiger partial charge on any atom is -0.508 e. The smallest absolute Gasteiger partial charge is 0.115 e. The third-order valence-electron chi connectivity index (χ3n) is 2.86. The molecule has 0 saturated carbocycles. The van der Waals surface area contributed by atoms with E-state index in [0.717, 1.165) is 24.2 Å². The number of nitrogens with one attached hydrogen (secondary N) is 1. The lowest BCUT2D eigenvalue weighted by molar-refractivity contribution is 0.475. The van der Waals surface area contributed by atoms with Gasteiger partial charge in [-0.05, 0) is 49.6 Å². The number of anilines is 1. The first kappa shape index (κ1) is 13.1. The Balaban J connectivity index is 1.84. The van der Waals surface area contributed by atoms with E-state index in [1.165, 1.54) is 5.56 Å². The number of hydrogen-bond acceptors (Lipinski definition) is 3. The third-order valence-corrected chi connectivity index (χ3v) is 2.86. The highest BCUT2D eigenvalue weighted by Gasteiger charge is 1.96. The maximum atomic E-state index is 9.21. The summed E-state index contributed by atoms with van der Waals surface area (Å²) >= 11 is 0. The van der Waals surface area contributed by atoms with E-state index in [2.05, 4.69) is 10.5 Å². The number of phenols is 1. The lowest BCUT2D eigenvalue weighted by Gasteiger charge is -2.04. The van der Waals surface area contributed by atoms with Crippen LogP contribution >= 0.6 is 0 Å². The van der Waals surface area contributed by atoms with Crippen LogP contribution in [0.3, 0.4) is 0 Å². The van der Waals surface area contributed by atoms with Crippen molar-refractivity contribution >= 4 is 11.4 Å². The molecule has 0 fully saturated rings. The fraction of sp³-hybridized carbons (Fsp3) is 0.188. The highest BCUT2D eigenvalue weighted by molar-refractivity contribution is 5.82. The Morgan fingerprint density at radius 2 is 1.74 bits per heavy atom. The van der Waals surface area contributed by atoms with Crippen LogP contribution < -0.4 is 5.43 Å². The second kappa shape index (κ2) is 6.59. The lowest BCUT2D eigenvalue weighted by Crippen LogP contribution is -1.99. The zero-order valence-electron chi connectivity index (χ0n) is 11.0. The Morgan fingerprint density at radius 3 is 2.42 bits per heavy atom. The molecule has 2 rings (SSSR count). The first-order valence-corrected chi connectivity index (χ1v) is 6.36. The van der Waals surface area contributed by atoms with E-state index in [-0.39, 0.29) is 0 Å². The molecule has 2 N–H and O–H groups in total. The zero-order chi connectivity index (χ0) is 13.5. The Morgan fingerprint density at radius 1 is 1.05 bits per heavy atom. The average Bonchev–Trinajstić information content (AvgIpc) is 2.45. The topological polar surface area (TPSA) is 44.6 Å². The summed E-state index contributed by atoms with van der Waals surface area (Å²) in [4.78, 5) is 0. The number of para-hydroxylation sites is 1. The van der Waals surface area contributed by atoms with Crippen LogP contribution in [0, 0.1) is 0 Å². The number of nitrogens with zero attached hydrogens (tertiary/aromatic N) is 1. The van der Waals surface area contributed by atoms with E-state index >= 15 is 0 Å². The minimum absolute atomic E-state index is 0.305. The van der Waals surface area contributed by atoms with Crippen LogP contribution in [0.5, 0.6) is 5.75 Å². The Hall–Kier alpha value is -2.29. The van der Waals surface area contributed by atoms with Gasteiger partial charge in [0.2, 0.25) is 0 Å². The molecular weight excluding hydrogens is 236 g/mol. The number of hydrogen-bond donors (Lipinski definition) is 2. The van der Waals surface area contributed by atoms with Gasteiger partial charge in [0, 0.05) is 5.71 Å². The molecule has 0 radical (unpaired) electrons. The number of phenolic OH excluding ortho intramolecular Hbond substituents is 1. The molecule has 2 aromatic carbocycles. The van der Waals surface area contributed by atoms with Crippen molar-refractivity contribution in [3.05, 3.63) is 60.2 Å². The number of aromatic hydroxyl groups is 1. The van der Waals surface area contributed by atoms with Gasteiger partial charge >= 0.3 is 0 Å². The fourth-order valence-electron chi connectivity index (χ4n) is 1.72. The minimum atomic E-state index is 0.305. The Labute approximate surface area is 113 Å². The van der Waals surface area contributed by atoms with Crippen LogP contribution in [0.1, 0.15) is 18.9 Å². The summed E-state index contributed by atoms with van der Waals surface area (Å²) < 4.78 is 0. The van der Waals surface area contributed by atoms with Gasteiger partial charge in [-0.15, -0.1) is 0 Å². The Bertz CT molecular complexity index is 532. The summed E-state index contributed by atoms with van der Waals surface area (Å²) in [7, 11) is 0. The molecule has 0 heterocycles. The zero-order valence-corrected chi connectivity index (χ0v) is 11.0. The summed E-state index contributed by atoms with van der Waals surface area (Å²) in [5.41, 5.74) is 6.28. The van der Waals surface area contributed by atoms with Crippen molar-refractivity contribution in [3.63, 3.8) is 0 Å². The lowest BCUT2D eigenvalue weighted by atomic mass is 10.1. The fourth-order valence-corrected chi connectivity index (χ4v) is 1.72. The van der Waals surface area contributed by atoms with Gasteiger partial charge < -0.3 is 5.11 Å². The van der Waals surface area contributed by atoms with E-state index in [1.54, 1.807) is 12.1 Å². The van der Waals surface area contributed by atoms with Crippen LogP contribution in [0.15, 0.2) is 59.7 Å². The normalized spacial score (nSPS) is 11.3. The summed E-state index contributed by atoms with van der Waals surface area (Å²) in [6, 6.07) is 17.2. The van der Waals surface area contributed by atoms with Gasteiger partial charge in [0.1, 0.15) is 5.75 Å². The molecule has 98 valence electrons. The van der Waals surface area contributed by atoms with Crippen molar-refractivity contribution in [3.8, 4) is 5.75 Å². The second-order valence-corrected chi connectivity index (χ2v) is 4.49. The molecular formula is C16H18N2O. The van der Waals surface area contributed by atoms with Crippen LogP contribution in [-0.2, 0) is 6.42 Å². The largest absolute Gasteiger partial charge is 0.508 e. The first-order chi connectivity index (χ1) is 9.24. The van der Waals surface area contributed by atoms with Gasteiger partial charge in [-0.1, -0.05) is 30.3 Å². The molecule has 0 saturated heterocycles. The Kier molecular flexibility index (Phi) is 4.56. The van der Waals surface area contributed by atoms with Crippen molar-refractivity contribution in [1.82, 2.24) is 0 Å². The number of aryl methyl sites for hydroxylation is 1. The summed E-state index contributed by atoms with van der Waals surface area (Å²) in [6.45, 7) is 2.01. The van der Waals surface area contributed by atoms with Crippen LogP contribution in [-0.4, -0.2) is 10.8 Å². The van der Waals surface area contributed by atoms with E-state index in [9.17, 15) is 5.11 Å². The molecule has 3 nitrogen and oxygen atoms in total. The van der Waals surface area contributed by atoms with Crippen LogP contribution in [0.25, 0.3) is 0 Å². The summed E-state index contributed by atoms with van der Waals surface area (Å²) in [5, 5.41) is 13.6. The molecule has 19 heavy (non-hydrogen) atoms. The van der Waals surface area contributed by atoms with Gasteiger partial charge in [0.25, 0.3) is 0 Å². The molecule has 0 bridgehead atoms. The van der Waals surface area contributed by atoms with E-state index in [0.29, 0.717) is 5.75 Å². The highest BCUT2D eigenvalue weighted by Crippen LogP contribution is 2.11. The molecule has 0 aliphatic carbocycles. The molecule has 0 aliphatic rings. The first-order valence-electron chi connectivity index (χ1n) is 6.36. The van der Waals surface area contributed by atoms with Crippen molar-refractivity contribution in [2.45, 2.75) is 19.8 Å². The molecule has 0 aliphatic heterocycles. The van der Waals surface area contributed by atoms with Crippen molar-refractivity contribution in [2.75, 3.05) is 5.43 Å². The van der Waals surface area contributed by atoms with Gasteiger partial charge in [-0.25, -0.2) is 0 Å². The molecule has 0 aromatic heterocycles. The van der Waals surface area contributed by atoms with Crippen molar-refractivity contribution < 1.29 is 5.11 Å². The standard InChI is InChI=1S/C16H18N2O/c1-13(17-18-15-5-3-2-4-6-15)7-8-14-9-11-16(19)12-10-14/h2-6,9-12,18-19H,7-8H2,1H3. The van der Waals surface area contributed by atoms with Crippen molar-refractivity contribution in [1.29, 1.82) is 0 Å². The molecule has 0 amide bonds. The molecule has 0 atom stereocenters. The van der Waals surface area contributed by atoms with E-state index in [1.807, 2.05) is 49.4 Å². The SMILES string of the molecule is CC(CCc1ccc(O)cc1)=NNc1ccccc1. The summed E-state index contributed by atoms with van der Waals surface area (Å²) in [5.74, 6) is 0.305. The maximum absolute atomic E-state index is 9.21. The van der Waals surface area contributed by atoms with Crippen LogP contribution in [0.4, 0.5) is 5.69 Å².